The van der Waals surface area contributed by atoms with E-state index in [9.17, 15) is 5.26 Å². The van der Waals surface area contributed by atoms with Gasteiger partial charge >= 0.3 is 0 Å². The monoisotopic (exact) mass is 381 g/mol. The first-order valence-electron chi connectivity index (χ1n) is 9.14. The normalized spacial score (nSPS) is 15.5. The van der Waals surface area contributed by atoms with Crippen LogP contribution in [0.5, 0.6) is 11.5 Å². The summed E-state index contributed by atoms with van der Waals surface area (Å²) in [5.41, 5.74) is 10.00. The van der Waals surface area contributed by atoms with E-state index in [1.54, 1.807) is 13.3 Å². The predicted molar refractivity (Wildman–Crippen MR) is 112 cm³/mol. The van der Waals surface area contributed by atoms with E-state index in [-0.39, 0.29) is 11.8 Å². The fraction of sp³-hybridized carbons (Fsp3) is 0.0833. The largest absolute Gasteiger partial charge is 0.497 e. The highest BCUT2D eigenvalue weighted by molar-refractivity contribution is 5.83. The molecule has 3 aromatic rings. The van der Waals surface area contributed by atoms with Gasteiger partial charge in [-0.1, -0.05) is 36.4 Å². The Morgan fingerprint density at radius 3 is 2.66 bits per heavy atom. The number of rotatable bonds is 4. The average Bonchev–Trinajstić information content (AvgIpc) is 2.77. The molecule has 0 aromatic heterocycles. The molecule has 1 aliphatic rings. The molecule has 0 saturated heterocycles. The highest BCUT2D eigenvalue weighted by atomic mass is 16.5. The number of methoxy groups -OCH3 is 1. The molecule has 0 unspecified atom stereocenters. The highest BCUT2D eigenvalue weighted by Crippen LogP contribution is 2.42. The lowest BCUT2D eigenvalue weighted by Gasteiger charge is -2.26. The average molecular weight is 381 g/mol. The predicted octanol–water partition coefficient (Wildman–Crippen LogP) is 4.66. The third-order valence-electron chi connectivity index (χ3n) is 4.79. The number of nitriles is 1. The van der Waals surface area contributed by atoms with Crippen LogP contribution in [0, 0.1) is 11.3 Å². The van der Waals surface area contributed by atoms with Crippen molar-refractivity contribution >= 4 is 11.9 Å². The van der Waals surface area contributed by atoms with Crippen LogP contribution in [-0.4, -0.2) is 13.3 Å². The second kappa shape index (κ2) is 7.91. The molecule has 29 heavy (non-hydrogen) atoms. The van der Waals surface area contributed by atoms with Crippen molar-refractivity contribution in [3.8, 4) is 17.6 Å². The molecule has 1 heterocycles. The summed E-state index contributed by atoms with van der Waals surface area (Å²) in [5, 5.41) is 9.68. The summed E-state index contributed by atoms with van der Waals surface area (Å²) in [7, 11) is 1.63. The molecule has 0 radical (unpaired) electrons. The van der Waals surface area contributed by atoms with Gasteiger partial charge in [0.05, 0.1) is 18.7 Å². The minimum Gasteiger partial charge on any atom is -0.497 e. The first kappa shape index (κ1) is 18.3. The van der Waals surface area contributed by atoms with Crippen LogP contribution in [0.1, 0.15) is 22.6 Å². The Balaban J connectivity index is 1.74. The van der Waals surface area contributed by atoms with Crippen molar-refractivity contribution in [2.45, 2.75) is 5.92 Å². The Hall–Kier alpha value is -4.04. The molecule has 0 aliphatic carbocycles. The maximum Gasteiger partial charge on any atom is 0.205 e. The molecule has 3 aromatic carbocycles. The Morgan fingerprint density at radius 2 is 1.90 bits per heavy atom. The lowest BCUT2D eigenvalue weighted by molar-refractivity contribution is 0.393. The van der Waals surface area contributed by atoms with E-state index >= 15 is 0 Å². The summed E-state index contributed by atoms with van der Waals surface area (Å²) < 4.78 is 10.9. The number of fused-ring (bicyclic) bond motifs is 1. The van der Waals surface area contributed by atoms with Crippen molar-refractivity contribution in [1.82, 2.24) is 0 Å². The fourth-order valence-electron chi connectivity index (χ4n) is 3.39. The van der Waals surface area contributed by atoms with Gasteiger partial charge < -0.3 is 15.2 Å². The lowest BCUT2D eigenvalue weighted by atomic mass is 9.83. The van der Waals surface area contributed by atoms with Gasteiger partial charge in [-0.15, -0.1) is 0 Å². The molecule has 2 N–H and O–H groups in total. The van der Waals surface area contributed by atoms with Gasteiger partial charge in [-0.2, -0.15) is 5.26 Å². The highest BCUT2D eigenvalue weighted by Gasteiger charge is 2.30. The van der Waals surface area contributed by atoms with Gasteiger partial charge in [-0.3, -0.25) is 4.99 Å². The van der Waals surface area contributed by atoms with Crippen molar-refractivity contribution in [2.24, 2.45) is 10.7 Å². The van der Waals surface area contributed by atoms with E-state index in [2.05, 4.69) is 11.1 Å². The number of nitrogens with two attached hydrogens (primary N) is 1. The molecule has 0 amide bonds. The van der Waals surface area contributed by atoms with Crippen LogP contribution < -0.4 is 15.2 Å². The van der Waals surface area contributed by atoms with Gasteiger partial charge in [-0.25, -0.2) is 0 Å². The van der Waals surface area contributed by atoms with Gasteiger partial charge in [-0.05, 0) is 41.5 Å². The zero-order valence-electron chi connectivity index (χ0n) is 15.9. The number of allylic oxidation sites excluding steroid dienone is 1. The van der Waals surface area contributed by atoms with Gasteiger partial charge in [0.1, 0.15) is 23.1 Å². The summed E-state index contributed by atoms with van der Waals surface area (Å²) in [6, 6.07) is 25.3. The number of hydrogen-bond acceptors (Lipinski definition) is 5. The number of benzene rings is 3. The van der Waals surface area contributed by atoms with Crippen LogP contribution in [0.4, 0.5) is 5.69 Å². The minimum atomic E-state index is -0.282. The molecule has 1 atom stereocenters. The molecular formula is C24H19N3O2. The zero-order valence-corrected chi connectivity index (χ0v) is 15.9. The SMILES string of the molecule is COc1cccc(N=Cc2ccc3c(c2)[C@@H](c2ccccc2)C(C#N)=C(N)O3)c1. The number of aliphatic imine (C=N–C) groups is 1. The second-order valence-corrected chi connectivity index (χ2v) is 6.59. The molecular weight excluding hydrogens is 362 g/mol. The minimum absolute atomic E-state index is 0.145. The van der Waals surface area contributed by atoms with Crippen LogP contribution in [0.2, 0.25) is 0 Å². The van der Waals surface area contributed by atoms with E-state index in [0.717, 1.165) is 28.1 Å². The number of nitrogens with zero attached hydrogens (tertiary/aromatic N) is 2. The first-order chi connectivity index (χ1) is 14.2. The molecule has 0 fully saturated rings. The molecule has 142 valence electrons. The fourth-order valence-corrected chi connectivity index (χ4v) is 3.39. The molecule has 5 nitrogen and oxygen atoms in total. The van der Waals surface area contributed by atoms with Crippen molar-refractivity contribution in [2.75, 3.05) is 7.11 Å². The van der Waals surface area contributed by atoms with E-state index in [1.165, 1.54) is 0 Å². The summed E-state index contributed by atoms with van der Waals surface area (Å²) >= 11 is 0. The molecule has 5 heteroatoms. The second-order valence-electron chi connectivity index (χ2n) is 6.59. The summed E-state index contributed by atoms with van der Waals surface area (Å²) in [4.78, 5) is 4.54. The van der Waals surface area contributed by atoms with Gasteiger partial charge in [0, 0.05) is 17.8 Å². The Kier molecular flexibility index (Phi) is 5.00. The molecule has 0 spiro atoms. The van der Waals surface area contributed by atoms with Crippen LogP contribution in [0.25, 0.3) is 0 Å². The Bertz CT molecular complexity index is 1140. The third-order valence-corrected chi connectivity index (χ3v) is 4.79. The van der Waals surface area contributed by atoms with Crippen molar-refractivity contribution in [3.05, 3.63) is 101 Å². The quantitative estimate of drug-likeness (QED) is 0.666. The van der Waals surface area contributed by atoms with Crippen molar-refractivity contribution in [1.29, 1.82) is 5.26 Å². The van der Waals surface area contributed by atoms with Crippen LogP contribution in [-0.2, 0) is 0 Å². The summed E-state index contributed by atoms with van der Waals surface area (Å²) in [5.74, 6) is 1.26. The number of hydrogen-bond donors (Lipinski definition) is 1. The van der Waals surface area contributed by atoms with Crippen molar-refractivity contribution in [3.63, 3.8) is 0 Å². The van der Waals surface area contributed by atoms with Gasteiger partial charge in [0.15, 0.2) is 0 Å². The topological polar surface area (TPSA) is 80.6 Å². The van der Waals surface area contributed by atoms with Crippen LogP contribution in [0.3, 0.4) is 0 Å². The summed E-state index contributed by atoms with van der Waals surface area (Å²) in [6.07, 6.45) is 1.78. The van der Waals surface area contributed by atoms with E-state index in [1.807, 2.05) is 72.8 Å². The third kappa shape index (κ3) is 3.69. The van der Waals surface area contributed by atoms with E-state index in [0.29, 0.717) is 11.3 Å². The summed E-state index contributed by atoms with van der Waals surface area (Å²) in [6.45, 7) is 0. The molecule has 1 aliphatic heterocycles. The van der Waals surface area contributed by atoms with Crippen LogP contribution in [0.15, 0.2) is 89.2 Å². The lowest BCUT2D eigenvalue weighted by Crippen LogP contribution is -2.21. The van der Waals surface area contributed by atoms with Crippen molar-refractivity contribution < 1.29 is 9.47 Å². The molecule has 4 rings (SSSR count). The van der Waals surface area contributed by atoms with Crippen LogP contribution >= 0.6 is 0 Å². The standard InChI is InChI=1S/C24H19N3O2/c1-28-19-9-5-8-18(13-19)27-15-16-10-11-22-20(12-16)23(17-6-3-2-4-7-17)21(14-25)24(26)29-22/h2-13,15,23H,26H2,1H3/t23-/m1/s1. The Labute approximate surface area is 169 Å². The maximum absolute atomic E-state index is 9.68. The number of ether oxygens (including phenoxy) is 2. The molecule has 0 saturated carbocycles. The van der Waals surface area contributed by atoms with Gasteiger partial charge in [0.25, 0.3) is 0 Å². The smallest absolute Gasteiger partial charge is 0.205 e. The first-order valence-corrected chi connectivity index (χ1v) is 9.14. The van der Waals surface area contributed by atoms with E-state index < -0.39 is 0 Å². The zero-order chi connectivity index (χ0) is 20.2. The maximum atomic E-state index is 9.68. The molecule has 0 bridgehead atoms. The van der Waals surface area contributed by atoms with Gasteiger partial charge in [0.2, 0.25) is 5.88 Å². The Morgan fingerprint density at radius 1 is 1.07 bits per heavy atom. The van der Waals surface area contributed by atoms with E-state index in [4.69, 9.17) is 15.2 Å².